The van der Waals surface area contributed by atoms with E-state index < -0.39 is 0 Å². The third-order valence-electron chi connectivity index (χ3n) is 3.17. The van der Waals surface area contributed by atoms with Gasteiger partial charge in [-0.25, -0.2) is 0 Å². The first kappa shape index (κ1) is 14.8. The molecule has 4 N–H and O–H groups in total. The van der Waals surface area contributed by atoms with Gasteiger partial charge in [0.25, 0.3) is 0 Å². The van der Waals surface area contributed by atoms with Crippen LogP contribution >= 0.6 is 0 Å². The SMILES string of the molecule is COc1ccc(C(N)CC(C)(C)CN)c(OC)c1. The maximum atomic E-state index is 6.25. The molecule has 0 aliphatic carbocycles. The van der Waals surface area contributed by atoms with Crippen molar-refractivity contribution >= 4 is 0 Å². The summed E-state index contributed by atoms with van der Waals surface area (Å²) < 4.78 is 10.5. The van der Waals surface area contributed by atoms with Gasteiger partial charge < -0.3 is 20.9 Å². The van der Waals surface area contributed by atoms with Gasteiger partial charge >= 0.3 is 0 Å². The predicted molar refractivity (Wildman–Crippen MR) is 73.9 cm³/mol. The maximum Gasteiger partial charge on any atom is 0.127 e. The summed E-state index contributed by atoms with van der Waals surface area (Å²) in [4.78, 5) is 0. The van der Waals surface area contributed by atoms with Crippen molar-refractivity contribution in [2.24, 2.45) is 16.9 Å². The summed E-state index contributed by atoms with van der Waals surface area (Å²) in [5, 5.41) is 0. The highest BCUT2D eigenvalue weighted by Crippen LogP contribution is 2.34. The first-order valence-electron chi connectivity index (χ1n) is 6.11. The fourth-order valence-corrected chi connectivity index (χ4v) is 1.91. The zero-order chi connectivity index (χ0) is 13.8. The number of ether oxygens (including phenoxy) is 2. The maximum absolute atomic E-state index is 6.25. The lowest BCUT2D eigenvalue weighted by Gasteiger charge is -2.27. The lowest BCUT2D eigenvalue weighted by molar-refractivity contribution is 0.311. The van der Waals surface area contributed by atoms with Crippen LogP contribution in [0.2, 0.25) is 0 Å². The van der Waals surface area contributed by atoms with Crippen molar-refractivity contribution in [1.82, 2.24) is 0 Å². The minimum atomic E-state index is -0.0931. The summed E-state index contributed by atoms with van der Waals surface area (Å²) >= 11 is 0. The second-order valence-electron chi connectivity index (χ2n) is 5.29. The van der Waals surface area contributed by atoms with E-state index in [-0.39, 0.29) is 11.5 Å². The van der Waals surface area contributed by atoms with E-state index in [2.05, 4.69) is 13.8 Å². The number of rotatable bonds is 6. The Kier molecular flexibility index (Phi) is 4.99. The monoisotopic (exact) mass is 252 g/mol. The fourth-order valence-electron chi connectivity index (χ4n) is 1.91. The Balaban J connectivity index is 2.94. The van der Waals surface area contributed by atoms with E-state index in [1.165, 1.54) is 0 Å². The van der Waals surface area contributed by atoms with Crippen molar-refractivity contribution < 1.29 is 9.47 Å². The first-order valence-corrected chi connectivity index (χ1v) is 6.11. The Hall–Kier alpha value is -1.26. The van der Waals surface area contributed by atoms with Gasteiger partial charge in [-0.2, -0.15) is 0 Å². The molecule has 0 fully saturated rings. The van der Waals surface area contributed by atoms with E-state index >= 15 is 0 Å². The molecule has 0 heterocycles. The van der Waals surface area contributed by atoms with Gasteiger partial charge in [-0.1, -0.05) is 19.9 Å². The van der Waals surface area contributed by atoms with Crippen molar-refractivity contribution in [1.29, 1.82) is 0 Å². The van der Waals surface area contributed by atoms with E-state index in [9.17, 15) is 0 Å². The highest BCUT2D eigenvalue weighted by atomic mass is 16.5. The lowest BCUT2D eigenvalue weighted by Crippen LogP contribution is -2.28. The number of hydrogen-bond acceptors (Lipinski definition) is 4. The first-order chi connectivity index (χ1) is 8.43. The van der Waals surface area contributed by atoms with Crippen molar-refractivity contribution in [2.45, 2.75) is 26.3 Å². The normalized spacial score (nSPS) is 13.2. The molecule has 0 aromatic heterocycles. The van der Waals surface area contributed by atoms with Gasteiger partial charge in [0.05, 0.1) is 14.2 Å². The zero-order valence-corrected chi connectivity index (χ0v) is 11.7. The number of hydrogen-bond donors (Lipinski definition) is 2. The fraction of sp³-hybridized carbons (Fsp3) is 0.571. The van der Waals surface area contributed by atoms with E-state index in [1.807, 2.05) is 18.2 Å². The Morgan fingerprint density at radius 1 is 1.22 bits per heavy atom. The minimum absolute atomic E-state index is 0.0182. The van der Waals surface area contributed by atoms with Crippen molar-refractivity contribution in [3.63, 3.8) is 0 Å². The Labute approximate surface area is 109 Å². The van der Waals surface area contributed by atoms with Crippen LogP contribution in [0.25, 0.3) is 0 Å². The van der Waals surface area contributed by atoms with Gasteiger partial charge in [-0.15, -0.1) is 0 Å². The van der Waals surface area contributed by atoms with Crippen LogP contribution in [0.3, 0.4) is 0 Å². The highest BCUT2D eigenvalue weighted by Gasteiger charge is 2.22. The summed E-state index contributed by atoms with van der Waals surface area (Å²) in [6, 6.07) is 5.61. The molecule has 1 aromatic rings. The second kappa shape index (κ2) is 6.07. The van der Waals surface area contributed by atoms with Crippen molar-refractivity contribution in [3.8, 4) is 11.5 Å². The van der Waals surface area contributed by atoms with Crippen molar-refractivity contribution in [3.05, 3.63) is 23.8 Å². The minimum Gasteiger partial charge on any atom is -0.497 e. The molecule has 0 saturated heterocycles. The molecule has 1 rings (SSSR count). The molecule has 0 saturated carbocycles. The van der Waals surface area contributed by atoms with Gasteiger partial charge in [0.15, 0.2) is 0 Å². The largest absolute Gasteiger partial charge is 0.497 e. The third kappa shape index (κ3) is 3.62. The molecule has 0 aliphatic heterocycles. The average Bonchev–Trinajstić information content (AvgIpc) is 2.37. The van der Waals surface area contributed by atoms with Crippen LogP contribution in [0, 0.1) is 5.41 Å². The summed E-state index contributed by atoms with van der Waals surface area (Å²) in [5.74, 6) is 1.52. The van der Waals surface area contributed by atoms with E-state index in [1.54, 1.807) is 14.2 Å². The Morgan fingerprint density at radius 3 is 2.39 bits per heavy atom. The van der Waals surface area contributed by atoms with Crippen LogP contribution in [-0.2, 0) is 0 Å². The average molecular weight is 252 g/mol. The molecule has 18 heavy (non-hydrogen) atoms. The summed E-state index contributed by atoms with van der Waals surface area (Å²) in [6.45, 7) is 4.84. The molecular formula is C14H24N2O2. The van der Waals surface area contributed by atoms with Crippen LogP contribution in [-0.4, -0.2) is 20.8 Å². The molecule has 0 aliphatic rings. The summed E-state index contributed by atoms with van der Waals surface area (Å²) in [6.07, 6.45) is 0.812. The molecule has 0 amide bonds. The molecule has 1 atom stereocenters. The molecular weight excluding hydrogens is 228 g/mol. The standard InChI is InChI=1S/C14H24N2O2/c1-14(2,9-15)8-12(16)11-6-5-10(17-3)7-13(11)18-4/h5-7,12H,8-9,15-16H2,1-4H3. The number of nitrogens with two attached hydrogens (primary N) is 2. The van der Waals surface area contributed by atoms with Crippen LogP contribution in [0.1, 0.15) is 31.9 Å². The smallest absolute Gasteiger partial charge is 0.127 e. The van der Waals surface area contributed by atoms with E-state index in [0.717, 1.165) is 23.5 Å². The zero-order valence-electron chi connectivity index (χ0n) is 11.7. The summed E-state index contributed by atoms with van der Waals surface area (Å²) in [5.41, 5.74) is 13.0. The second-order valence-corrected chi connectivity index (χ2v) is 5.29. The topological polar surface area (TPSA) is 70.5 Å². The molecule has 0 bridgehead atoms. The molecule has 0 spiro atoms. The molecule has 0 radical (unpaired) electrons. The lowest BCUT2D eigenvalue weighted by atomic mass is 9.84. The van der Waals surface area contributed by atoms with Gasteiger partial charge in [0, 0.05) is 17.7 Å². The van der Waals surface area contributed by atoms with Crippen LogP contribution < -0.4 is 20.9 Å². The van der Waals surface area contributed by atoms with Gasteiger partial charge in [-0.05, 0) is 24.4 Å². The van der Waals surface area contributed by atoms with Gasteiger partial charge in [0.2, 0.25) is 0 Å². The number of benzene rings is 1. The van der Waals surface area contributed by atoms with Crippen LogP contribution in [0.5, 0.6) is 11.5 Å². The molecule has 1 aromatic carbocycles. The highest BCUT2D eigenvalue weighted by molar-refractivity contribution is 5.42. The van der Waals surface area contributed by atoms with E-state index in [0.29, 0.717) is 6.54 Å². The van der Waals surface area contributed by atoms with Gasteiger partial charge in [-0.3, -0.25) is 0 Å². The Morgan fingerprint density at radius 2 is 1.89 bits per heavy atom. The molecule has 1 unspecified atom stereocenters. The quantitative estimate of drug-likeness (QED) is 0.813. The molecule has 4 nitrogen and oxygen atoms in total. The third-order valence-corrected chi connectivity index (χ3v) is 3.17. The van der Waals surface area contributed by atoms with Gasteiger partial charge in [0.1, 0.15) is 11.5 Å². The van der Waals surface area contributed by atoms with Crippen LogP contribution in [0.4, 0.5) is 0 Å². The predicted octanol–water partition coefficient (Wildman–Crippen LogP) is 2.08. The molecule has 4 heteroatoms. The molecule has 102 valence electrons. The van der Waals surface area contributed by atoms with E-state index in [4.69, 9.17) is 20.9 Å². The van der Waals surface area contributed by atoms with Crippen LogP contribution in [0.15, 0.2) is 18.2 Å². The van der Waals surface area contributed by atoms with Crippen molar-refractivity contribution in [2.75, 3.05) is 20.8 Å². The Bertz CT molecular complexity index is 391. The summed E-state index contributed by atoms with van der Waals surface area (Å²) in [7, 11) is 3.27. The number of methoxy groups -OCH3 is 2.